The van der Waals surface area contributed by atoms with Crippen LogP contribution in [0.3, 0.4) is 0 Å². The molecule has 3 aromatic rings. The smallest absolute Gasteiger partial charge is 0.186 e. The number of nitrogens with zero attached hydrogens (tertiary/aromatic N) is 1. The van der Waals surface area contributed by atoms with E-state index in [0.29, 0.717) is 5.56 Å². The van der Waals surface area contributed by atoms with Crippen molar-refractivity contribution in [3.63, 3.8) is 0 Å². The standard InChI is InChI=1S/C20H20N2O/c1-14-8-6-7-11-18(14)22-13-17(19(23)12-15(22)2)20(21)16-9-4-3-5-10-16/h3-13,20H,21H2,1-2H3. The van der Waals surface area contributed by atoms with E-state index >= 15 is 0 Å². The van der Waals surface area contributed by atoms with Gasteiger partial charge in [0.15, 0.2) is 5.43 Å². The largest absolute Gasteiger partial charge is 0.320 e. The average Bonchev–Trinajstić information content (AvgIpc) is 2.56. The van der Waals surface area contributed by atoms with E-state index in [2.05, 4.69) is 13.0 Å². The molecule has 3 rings (SSSR count). The number of para-hydroxylation sites is 1. The Balaban J connectivity index is 2.15. The van der Waals surface area contributed by atoms with Crippen LogP contribution in [0.2, 0.25) is 0 Å². The zero-order valence-electron chi connectivity index (χ0n) is 13.4. The molecule has 2 N–H and O–H groups in total. The Labute approximate surface area is 136 Å². The van der Waals surface area contributed by atoms with Crippen molar-refractivity contribution < 1.29 is 0 Å². The van der Waals surface area contributed by atoms with Gasteiger partial charge in [-0.2, -0.15) is 0 Å². The Bertz CT molecular complexity index is 882. The molecule has 0 spiro atoms. The summed E-state index contributed by atoms with van der Waals surface area (Å²) in [5.41, 5.74) is 11.0. The monoisotopic (exact) mass is 304 g/mol. The predicted octanol–water partition coefficient (Wildman–Crippen LogP) is 3.50. The molecule has 0 aliphatic heterocycles. The summed E-state index contributed by atoms with van der Waals surface area (Å²) in [6.45, 7) is 4.00. The molecule has 1 aromatic heterocycles. The van der Waals surface area contributed by atoms with Crippen molar-refractivity contribution in [3.05, 3.63) is 99.5 Å². The van der Waals surface area contributed by atoms with E-state index in [4.69, 9.17) is 5.73 Å². The fourth-order valence-corrected chi connectivity index (χ4v) is 2.81. The lowest BCUT2D eigenvalue weighted by molar-refractivity contribution is 0.827. The van der Waals surface area contributed by atoms with Crippen LogP contribution in [-0.4, -0.2) is 4.57 Å². The van der Waals surface area contributed by atoms with Crippen LogP contribution in [0.1, 0.15) is 28.4 Å². The highest BCUT2D eigenvalue weighted by molar-refractivity contribution is 5.43. The lowest BCUT2D eigenvalue weighted by Crippen LogP contribution is -2.23. The first-order valence-corrected chi connectivity index (χ1v) is 7.67. The average molecular weight is 304 g/mol. The lowest BCUT2D eigenvalue weighted by atomic mass is 10.00. The van der Waals surface area contributed by atoms with Gasteiger partial charge in [0.25, 0.3) is 0 Å². The number of aromatic nitrogens is 1. The zero-order valence-corrected chi connectivity index (χ0v) is 13.4. The predicted molar refractivity (Wildman–Crippen MR) is 94.0 cm³/mol. The Morgan fingerprint density at radius 3 is 2.30 bits per heavy atom. The Morgan fingerprint density at radius 1 is 0.957 bits per heavy atom. The maximum absolute atomic E-state index is 12.4. The fraction of sp³-hybridized carbons (Fsp3) is 0.150. The van der Waals surface area contributed by atoms with Gasteiger partial charge >= 0.3 is 0 Å². The van der Waals surface area contributed by atoms with Crippen LogP contribution in [0.15, 0.2) is 71.7 Å². The van der Waals surface area contributed by atoms with Crippen molar-refractivity contribution in [3.8, 4) is 5.69 Å². The quantitative estimate of drug-likeness (QED) is 0.805. The summed E-state index contributed by atoms with van der Waals surface area (Å²) in [7, 11) is 0. The first-order valence-electron chi connectivity index (χ1n) is 7.67. The minimum Gasteiger partial charge on any atom is -0.320 e. The molecular weight excluding hydrogens is 284 g/mol. The van der Waals surface area contributed by atoms with E-state index in [1.807, 2.05) is 66.2 Å². The van der Waals surface area contributed by atoms with Gasteiger partial charge in [0.05, 0.1) is 6.04 Å². The Morgan fingerprint density at radius 2 is 1.61 bits per heavy atom. The van der Waals surface area contributed by atoms with Crippen molar-refractivity contribution in [1.82, 2.24) is 4.57 Å². The summed E-state index contributed by atoms with van der Waals surface area (Å²) in [5.74, 6) is 0. The summed E-state index contributed by atoms with van der Waals surface area (Å²) in [6.07, 6.45) is 1.87. The van der Waals surface area contributed by atoms with Gasteiger partial charge in [0.1, 0.15) is 0 Å². The zero-order chi connectivity index (χ0) is 16.4. The van der Waals surface area contributed by atoms with Gasteiger partial charge in [-0.1, -0.05) is 48.5 Å². The highest BCUT2D eigenvalue weighted by Crippen LogP contribution is 2.20. The lowest BCUT2D eigenvalue weighted by Gasteiger charge is -2.18. The van der Waals surface area contributed by atoms with Crippen LogP contribution >= 0.6 is 0 Å². The number of hydrogen-bond donors (Lipinski definition) is 1. The molecular formula is C20H20N2O. The van der Waals surface area contributed by atoms with E-state index in [9.17, 15) is 4.79 Å². The molecule has 0 aliphatic carbocycles. The maximum atomic E-state index is 12.4. The van der Waals surface area contributed by atoms with Gasteiger partial charge in [0, 0.05) is 29.2 Å². The van der Waals surface area contributed by atoms with E-state index in [0.717, 1.165) is 22.5 Å². The van der Waals surface area contributed by atoms with Crippen LogP contribution in [0, 0.1) is 13.8 Å². The molecule has 1 atom stereocenters. The van der Waals surface area contributed by atoms with E-state index in [1.54, 1.807) is 6.07 Å². The van der Waals surface area contributed by atoms with Crippen molar-refractivity contribution >= 4 is 0 Å². The van der Waals surface area contributed by atoms with Crippen molar-refractivity contribution in [2.24, 2.45) is 5.73 Å². The van der Waals surface area contributed by atoms with Crippen molar-refractivity contribution in [1.29, 1.82) is 0 Å². The highest BCUT2D eigenvalue weighted by atomic mass is 16.1. The Hall–Kier alpha value is -2.65. The number of rotatable bonds is 3. The molecule has 0 amide bonds. The second-order valence-electron chi connectivity index (χ2n) is 5.78. The molecule has 1 unspecified atom stereocenters. The molecule has 23 heavy (non-hydrogen) atoms. The van der Waals surface area contributed by atoms with E-state index in [1.165, 1.54) is 0 Å². The first-order chi connectivity index (χ1) is 11.1. The highest BCUT2D eigenvalue weighted by Gasteiger charge is 2.15. The van der Waals surface area contributed by atoms with Gasteiger partial charge in [-0.25, -0.2) is 0 Å². The molecule has 116 valence electrons. The van der Waals surface area contributed by atoms with Crippen molar-refractivity contribution in [2.45, 2.75) is 19.9 Å². The summed E-state index contributed by atoms with van der Waals surface area (Å²) in [6, 6.07) is 19.0. The van der Waals surface area contributed by atoms with E-state index in [-0.39, 0.29) is 5.43 Å². The molecule has 0 fully saturated rings. The van der Waals surface area contributed by atoms with Crippen LogP contribution < -0.4 is 11.2 Å². The maximum Gasteiger partial charge on any atom is 0.186 e. The van der Waals surface area contributed by atoms with Gasteiger partial charge in [-0.05, 0) is 31.0 Å². The van der Waals surface area contributed by atoms with Gasteiger partial charge in [-0.15, -0.1) is 0 Å². The molecule has 0 aliphatic rings. The molecule has 0 radical (unpaired) electrons. The van der Waals surface area contributed by atoms with Crippen LogP contribution in [0.5, 0.6) is 0 Å². The fourth-order valence-electron chi connectivity index (χ4n) is 2.81. The number of aryl methyl sites for hydroxylation is 2. The van der Waals surface area contributed by atoms with E-state index < -0.39 is 6.04 Å². The van der Waals surface area contributed by atoms with Gasteiger partial charge < -0.3 is 10.3 Å². The summed E-state index contributed by atoms with van der Waals surface area (Å²) in [4.78, 5) is 12.4. The number of nitrogens with two attached hydrogens (primary N) is 1. The van der Waals surface area contributed by atoms with Crippen LogP contribution in [0.25, 0.3) is 5.69 Å². The molecule has 1 heterocycles. The summed E-state index contributed by atoms with van der Waals surface area (Å²) in [5, 5.41) is 0. The molecule has 0 saturated heterocycles. The molecule has 0 bridgehead atoms. The van der Waals surface area contributed by atoms with Crippen molar-refractivity contribution in [2.75, 3.05) is 0 Å². The third-order valence-corrected chi connectivity index (χ3v) is 4.14. The first kappa shape index (κ1) is 15.3. The second-order valence-corrected chi connectivity index (χ2v) is 5.78. The SMILES string of the molecule is Cc1ccccc1-n1cc(C(N)c2ccccc2)c(=O)cc1C. The number of pyridine rings is 1. The van der Waals surface area contributed by atoms with Crippen LogP contribution in [0.4, 0.5) is 0 Å². The normalized spacial score (nSPS) is 12.1. The summed E-state index contributed by atoms with van der Waals surface area (Å²) >= 11 is 0. The third-order valence-electron chi connectivity index (χ3n) is 4.14. The van der Waals surface area contributed by atoms with Crippen LogP contribution in [-0.2, 0) is 0 Å². The molecule has 0 saturated carbocycles. The second kappa shape index (κ2) is 6.23. The molecule has 3 nitrogen and oxygen atoms in total. The Kier molecular flexibility index (Phi) is 4.13. The molecule has 2 aromatic carbocycles. The van der Waals surface area contributed by atoms with Gasteiger partial charge in [-0.3, -0.25) is 4.79 Å². The minimum absolute atomic E-state index is 0.0244. The minimum atomic E-state index is -0.431. The molecule has 3 heteroatoms. The number of hydrogen-bond acceptors (Lipinski definition) is 2. The number of benzene rings is 2. The topological polar surface area (TPSA) is 48.0 Å². The third kappa shape index (κ3) is 2.96. The summed E-state index contributed by atoms with van der Waals surface area (Å²) < 4.78 is 2.04. The van der Waals surface area contributed by atoms with Gasteiger partial charge in [0.2, 0.25) is 0 Å².